The van der Waals surface area contributed by atoms with E-state index in [4.69, 9.17) is 4.74 Å². The van der Waals surface area contributed by atoms with Crippen LogP contribution in [0, 0.1) is 0 Å². The predicted molar refractivity (Wildman–Crippen MR) is 82.3 cm³/mol. The molecule has 0 saturated carbocycles. The van der Waals surface area contributed by atoms with Gasteiger partial charge in [-0.2, -0.15) is 14.2 Å². The summed E-state index contributed by atoms with van der Waals surface area (Å²) in [7, 11) is 0. The van der Waals surface area contributed by atoms with Gasteiger partial charge in [-0.25, -0.2) is 14.8 Å². The maximum atomic E-state index is 11.8. The largest absolute Gasteiger partial charge is 0.455 e. The van der Waals surface area contributed by atoms with Gasteiger partial charge in [0.15, 0.2) is 23.9 Å². The molecule has 3 rings (SSSR count). The van der Waals surface area contributed by atoms with Crippen LogP contribution >= 0.6 is 0 Å². The number of carbonyl (C=O) groups is 1. The molecule has 0 saturated heterocycles. The molecule has 7 nitrogen and oxygen atoms in total. The molecule has 0 spiro atoms. The van der Waals surface area contributed by atoms with Crippen LogP contribution in [0.1, 0.15) is 20.8 Å². The molecule has 7 heteroatoms. The van der Waals surface area contributed by atoms with Crippen LogP contribution in [0.5, 0.6) is 0 Å². The van der Waals surface area contributed by atoms with E-state index in [9.17, 15) is 4.79 Å². The number of esters is 1. The number of ether oxygens (including phenoxy) is 1. The van der Waals surface area contributed by atoms with E-state index in [2.05, 4.69) is 15.1 Å². The first kappa shape index (κ1) is 15.1. The lowest BCUT2D eigenvalue weighted by molar-refractivity contribution is -0.686. The molecular weight excluding hydrogens is 294 g/mol. The van der Waals surface area contributed by atoms with E-state index in [0.717, 1.165) is 11.2 Å². The average Bonchev–Trinajstić information content (AvgIpc) is 2.94. The van der Waals surface area contributed by atoms with Crippen LogP contribution < -0.4 is 4.57 Å². The Morgan fingerprint density at radius 1 is 1.22 bits per heavy atom. The summed E-state index contributed by atoms with van der Waals surface area (Å²) in [4.78, 5) is 20.3. The number of pyridine rings is 1. The molecule has 0 aliphatic rings. The minimum atomic E-state index is -0.482. The van der Waals surface area contributed by atoms with Gasteiger partial charge in [0.2, 0.25) is 6.54 Å². The molecule has 0 radical (unpaired) electrons. The standard InChI is InChI=1S/C16H18N5O2/c1-16(2,3)23-14(22)10-20-8-5-12(6-9-20)15-17-7-4-13-18-11-19-21(13)15/h4-9,11H,10H2,1-3H3/q+1. The molecule has 0 amide bonds. The summed E-state index contributed by atoms with van der Waals surface area (Å²) in [5.74, 6) is 0.427. The highest BCUT2D eigenvalue weighted by Crippen LogP contribution is 2.15. The normalized spacial score (nSPS) is 11.6. The van der Waals surface area contributed by atoms with Gasteiger partial charge in [0.05, 0.1) is 0 Å². The molecule has 0 N–H and O–H groups in total. The van der Waals surface area contributed by atoms with Crippen molar-refractivity contribution in [2.75, 3.05) is 0 Å². The van der Waals surface area contributed by atoms with Crippen molar-refractivity contribution in [2.45, 2.75) is 32.9 Å². The Balaban J connectivity index is 1.80. The van der Waals surface area contributed by atoms with Crippen molar-refractivity contribution < 1.29 is 14.1 Å². The monoisotopic (exact) mass is 312 g/mol. The van der Waals surface area contributed by atoms with Crippen LogP contribution in [0.15, 0.2) is 43.1 Å². The Hall–Kier alpha value is -2.83. The molecule has 3 heterocycles. The van der Waals surface area contributed by atoms with Gasteiger partial charge in [0, 0.05) is 30.0 Å². The van der Waals surface area contributed by atoms with Gasteiger partial charge < -0.3 is 4.74 Å². The maximum absolute atomic E-state index is 11.8. The van der Waals surface area contributed by atoms with E-state index in [-0.39, 0.29) is 12.5 Å². The average molecular weight is 312 g/mol. The quantitative estimate of drug-likeness (QED) is 0.540. The number of carbonyl (C=O) groups excluding carboxylic acids is 1. The Morgan fingerprint density at radius 2 is 1.96 bits per heavy atom. The van der Waals surface area contributed by atoms with Crippen LogP contribution in [0.2, 0.25) is 0 Å². The summed E-state index contributed by atoms with van der Waals surface area (Å²) in [5.41, 5.74) is 1.14. The minimum Gasteiger partial charge on any atom is -0.455 e. The summed E-state index contributed by atoms with van der Waals surface area (Å²) in [5, 5.41) is 4.17. The van der Waals surface area contributed by atoms with E-state index >= 15 is 0 Å². The molecule has 3 aromatic heterocycles. The molecule has 0 atom stereocenters. The van der Waals surface area contributed by atoms with Crippen LogP contribution in [0.4, 0.5) is 0 Å². The highest BCUT2D eigenvalue weighted by Gasteiger charge is 2.19. The first-order valence-electron chi connectivity index (χ1n) is 7.28. The lowest BCUT2D eigenvalue weighted by Gasteiger charge is -2.18. The molecule has 0 aromatic carbocycles. The van der Waals surface area contributed by atoms with Gasteiger partial charge in [-0.1, -0.05) is 0 Å². The number of hydrogen-bond acceptors (Lipinski definition) is 5. The lowest BCUT2D eigenvalue weighted by atomic mass is 10.2. The Bertz CT molecular complexity index is 834. The molecule has 23 heavy (non-hydrogen) atoms. The summed E-state index contributed by atoms with van der Waals surface area (Å²) >= 11 is 0. The zero-order chi connectivity index (χ0) is 16.4. The Morgan fingerprint density at radius 3 is 2.65 bits per heavy atom. The zero-order valence-corrected chi connectivity index (χ0v) is 13.3. The fourth-order valence-electron chi connectivity index (χ4n) is 2.19. The SMILES string of the molecule is CC(C)(C)OC(=O)C[n+]1ccc(-c2nccc3ncnn23)cc1. The van der Waals surface area contributed by atoms with Crippen molar-refractivity contribution in [1.82, 2.24) is 19.6 Å². The fourth-order valence-corrected chi connectivity index (χ4v) is 2.19. The van der Waals surface area contributed by atoms with Gasteiger partial charge in [-0.15, -0.1) is 0 Å². The summed E-state index contributed by atoms with van der Waals surface area (Å²) < 4.78 is 8.75. The van der Waals surface area contributed by atoms with Gasteiger partial charge >= 0.3 is 5.97 Å². The second-order valence-corrected chi connectivity index (χ2v) is 6.14. The summed E-state index contributed by atoms with van der Waals surface area (Å²) in [6.07, 6.45) is 6.82. The Labute approximate surface area is 133 Å². The van der Waals surface area contributed by atoms with E-state index < -0.39 is 5.60 Å². The first-order chi connectivity index (χ1) is 10.9. The topological polar surface area (TPSA) is 73.3 Å². The summed E-state index contributed by atoms with van der Waals surface area (Å²) in [6, 6.07) is 5.56. The molecule has 0 aliphatic heterocycles. The third kappa shape index (κ3) is 3.50. The van der Waals surface area contributed by atoms with Crippen LogP contribution in [-0.2, 0) is 16.1 Å². The van der Waals surface area contributed by atoms with Gasteiger partial charge in [-0.05, 0) is 20.8 Å². The number of hydrogen-bond donors (Lipinski definition) is 0. The zero-order valence-electron chi connectivity index (χ0n) is 13.3. The number of aromatic nitrogens is 5. The smallest absolute Gasteiger partial charge is 0.373 e. The Kier molecular flexibility index (Phi) is 3.77. The predicted octanol–water partition coefficient (Wildman–Crippen LogP) is 1.42. The van der Waals surface area contributed by atoms with Crippen molar-refractivity contribution >= 4 is 11.6 Å². The maximum Gasteiger partial charge on any atom is 0.373 e. The van der Waals surface area contributed by atoms with E-state index in [1.54, 1.807) is 21.3 Å². The van der Waals surface area contributed by atoms with E-state index in [1.165, 1.54) is 6.33 Å². The minimum absolute atomic E-state index is 0.165. The van der Waals surface area contributed by atoms with Crippen LogP contribution in [0.3, 0.4) is 0 Å². The third-order valence-electron chi connectivity index (χ3n) is 3.08. The van der Waals surface area contributed by atoms with Crippen LogP contribution in [-0.4, -0.2) is 31.2 Å². The second kappa shape index (κ2) is 5.75. The van der Waals surface area contributed by atoms with Crippen molar-refractivity contribution in [2.24, 2.45) is 0 Å². The molecule has 0 fully saturated rings. The second-order valence-electron chi connectivity index (χ2n) is 6.14. The fraction of sp³-hybridized carbons (Fsp3) is 0.312. The molecule has 0 bridgehead atoms. The van der Waals surface area contributed by atoms with Crippen molar-refractivity contribution in [1.29, 1.82) is 0 Å². The molecular formula is C16H18N5O2+. The number of nitrogens with zero attached hydrogens (tertiary/aromatic N) is 5. The van der Waals surface area contributed by atoms with E-state index in [0.29, 0.717) is 5.82 Å². The number of fused-ring (bicyclic) bond motifs is 1. The molecule has 0 aliphatic carbocycles. The van der Waals surface area contributed by atoms with Gasteiger partial charge in [0.25, 0.3) is 0 Å². The third-order valence-corrected chi connectivity index (χ3v) is 3.08. The molecule has 0 unspecified atom stereocenters. The highest BCUT2D eigenvalue weighted by molar-refractivity contribution is 5.68. The van der Waals surface area contributed by atoms with E-state index in [1.807, 2.05) is 45.3 Å². The number of rotatable bonds is 3. The first-order valence-corrected chi connectivity index (χ1v) is 7.28. The van der Waals surface area contributed by atoms with Crippen molar-refractivity contribution in [3.05, 3.63) is 43.1 Å². The van der Waals surface area contributed by atoms with Crippen molar-refractivity contribution in [3.63, 3.8) is 0 Å². The van der Waals surface area contributed by atoms with Gasteiger partial charge in [-0.3, -0.25) is 0 Å². The highest BCUT2D eigenvalue weighted by atomic mass is 16.6. The molecule has 3 aromatic rings. The lowest BCUT2D eigenvalue weighted by Crippen LogP contribution is -2.40. The molecule has 118 valence electrons. The summed E-state index contributed by atoms with van der Waals surface area (Å²) in [6.45, 7) is 5.72. The van der Waals surface area contributed by atoms with Crippen molar-refractivity contribution in [3.8, 4) is 11.4 Å². The van der Waals surface area contributed by atoms with Crippen LogP contribution in [0.25, 0.3) is 17.0 Å². The van der Waals surface area contributed by atoms with Gasteiger partial charge in [0.1, 0.15) is 11.9 Å².